The zero-order chi connectivity index (χ0) is 20.9. The molecule has 3 N–H and O–H groups in total. The van der Waals surface area contributed by atoms with Crippen molar-refractivity contribution in [2.24, 2.45) is 0 Å². The van der Waals surface area contributed by atoms with Crippen molar-refractivity contribution in [2.75, 3.05) is 43.4 Å². The maximum Gasteiger partial charge on any atom is 0.336 e. The molecule has 160 valence electrons. The highest BCUT2D eigenvalue weighted by atomic mass is 16.5. The SMILES string of the molecule is CCCCOc1nc(N)c2ncc(Cc3cnc(N4CCCNCC4)c(C)c3)n2n1. The Labute approximate surface area is 176 Å². The van der Waals surface area contributed by atoms with Crippen LogP contribution in [0.3, 0.4) is 0 Å². The van der Waals surface area contributed by atoms with E-state index in [1.807, 2.05) is 6.20 Å². The molecule has 30 heavy (non-hydrogen) atoms. The number of anilines is 2. The number of fused-ring (bicyclic) bond motifs is 1. The molecule has 3 aromatic rings. The number of pyridine rings is 1. The lowest BCUT2D eigenvalue weighted by Crippen LogP contribution is -2.29. The number of rotatable bonds is 7. The fourth-order valence-corrected chi connectivity index (χ4v) is 3.74. The molecule has 1 aliphatic rings. The van der Waals surface area contributed by atoms with Gasteiger partial charge in [0, 0.05) is 32.3 Å². The van der Waals surface area contributed by atoms with E-state index in [4.69, 9.17) is 15.5 Å². The van der Waals surface area contributed by atoms with E-state index in [0.29, 0.717) is 24.5 Å². The van der Waals surface area contributed by atoms with Gasteiger partial charge in [0.05, 0.1) is 18.5 Å². The molecule has 0 atom stereocenters. The number of nitrogens with zero attached hydrogens (tertiary/aromatic N) is 6. The minimum absolute atomic E-state index is 0.284. The average molecular weight is 411 g/mol. The van der Waals surface area contributed by atoms with Crippen molar-refractivity contribution in [3.63, 3.8) is 0 Å². The highest BCUT2D eigenvalue weighted by Crippen LogP contribution is 2.21. The molecule has 3 aromatic heterocycles. The van der Waals surface area contributed by atoms with E-state index in [2.05, 4.69) is 45.2 Å². The largest absolute Gasteiger partial charge is 0.462 e. The van der Waals surface area contributed by atoms with Crippen molar-refractivity contribution in [1.29, 1.82) is 0 Å². The van der Waals surface area contributed by atoms with Crippen LogP contribution in [0.15, 0.2) is 18.5 Å². The molecule has 0 aromatic carbocycles. The van der Waals surface area contributed by atoms with Crippen LogP contribution in [0.5, 0.6) is 6.01 Å². The van der Waals surface area contributed by atoms with Crippen molar-refractivity contribution >= 4 is 17.3 Å². The van der Waals surface area contributed by atoms with Gasteiger partial charge in [-0.05, 0) is 37.4 Å². The molecule has 1 saturated heterocycles. The van der Waals surface area contributed by atoms with Crippen LogP contribution in [0.4, 0.5) is 11.6 Å². The summed E-state index contributed by atoms with van der Waals surface area (Å²) in [6.07, 6.45) is 7.52. The molecule has 0 saturated carbocycles. The highest BCUT2D eigenvalue weighted by Gasteiger charge is 2.16. The van der Waals surface area contributed by atoms with E-state index >= 15 is 0 Å². The molecule has 0 bridgehead atoms. The molecule has 0 radical (unpaired) electrons. The van der Waals surface area contributed by atoms with Gasteiger partial charge in [0.1, 0.15) is 5.82 Å². The molecule has 0 amide bonds. The summed E-state index contributed by atoms with van der Waals surface area (Å²) < 4.78 is 7.38. The van der Waals surface area contributed by atoms with Crippen LogP contribution >= 0.6 is 0 Å². The molecule has 9 heteroatoms. The van der Waals surface area contributed by atoms with E-state index in [9.17, 15) is 0 Å². The average Bonchev–Trinajstić information content (AvgIpc) is 2.95. The van der Waals surface area contributed by atoms with Crippen molar-refractivity contribution in [3.8, 4) is 6.01 Å². The summed E-state index contributed by atoms with van der Waals surface area (Å²) in [6, 6.07) is 2.48. The van der Waals surface area contributed by atoms with Crippen LogP contribution in [0.1, 0.15) is 43.0 Å². The first-order valence-corrected chi connectivity index (χ1v) is 10.7. The maximum absolute atomic E-state index is 6.07. The molecule has 1 fully saturated rings. The lowest BCUT2D eigenvalue weighted by Gasteiger charge is -2.23. The number of hydrogen-bond donors (Lipinski definition) is 2. The Bertz CT molecular complexity index is 994. The number of nitrogens with one attached hydrogen (secondary N) is 1. The summed E-state index contributed by atoms with van der Waals surface area (Å²) in [5, 5.41) is 7.93. The van der Waals surface area contributed by atoms with Crippen molar-refractivity contribution in [1.82, 2.24) is 29.9 Å². The van der Waals surface area contributed by atoms with Gasteiger partial charge in [0.15, 0.2) is 11.5 Å². The van der Waals surface area contributed by atoms with Gasteiger partial charge < -0.3 is 20.7 Å². The number of unbranched alkanes of at least 4 members (excludes halogenated alkanes) is 1. The summed E-state index contributed by atoms with van der Waals surface area (Å²) in [6.45, 7) is 8.88. The molecule has 0 spiro atoms. The Morgan fingerprint density at radius 3 is 2.93 bits per heavy atom. The van der Waals surface area contributed by atoms with Gasteiger partial charge in [-0.1, -0.05) is 19.4 Å². The number of aryl methyl sites for hydroxylation is 1. The standard InChI is InChI=1S/C21H30N8O/c1-3-4-10-30-21-26-18(22)20-25-14-17(29(20)27-21)12-16-11-15(2)19(24-13-16)28-8-5-6-23-7-9-28/h11,13-14,23H,3-10,12H2,1-2H3,(H2,22,26,27). The first-order chi connectivity index (χ1) is 14.7. The van der Waals surface area contributed by atoms with E-state index < -0.39 is 0 Å². The summed E-state index contributed by atoms with van der Waals surface area (Å²) in [7, 11) is 0. The third-order valence-electron chi connectivity index (χ3n) is 5.30. The second kappa shape index (κ2) is 9.25. The molecular formula is C21H30N8O. The molecule has 0 aliphatic carbocycles. The van der Waals surface area contributed by atoms with Crippen LogP contribution in [-0.4, -0.2) is 57.4 Å². The third kappa shape index (κ3) is 4.46. The van der Waals surface area contributed by atoms with E-state index in [1.165, 1.54) is 5.56 Å². The van der Waals surface area contributed by atoms with Gasteiger partial charge in [0.2, 0.25) is 0 Å². The van der Waals surface area contributed by atoms with Crippen LogP contribution in [0, 0.1) is 6.92 Å². The fourth-order valence-electron chi connectivity index (χ4n) is 3.74. The van der Waals surface area contributed by atoms with E-state index in [0.717, 1.165) is 62.5 Å². The zero-order valence-electron chi connectivity index (χ0n) is 17.8. The van der Waals surface area contributed by atoms with Crippen LogP contribution in [0.25, 0.3) is 5.65 Å². The monoisotopic (exact) mass is 410 g/mol. The molecule has 4 rings (SSSR count). The van der Waals surface area contributed by atoms with Crippen LogP contribution in [0.2, 0.25) is 0 Å². The normalized spacial score (nSPS) is 14.8. The number of nitrogens with two attached hydrogens (primary N) is 1. The fraction of sp³-hybridized carbons (Fsp3) is 0.524. The second-order valence-corrected chi connectivity index (χ2v) is 7.72. The second-order valence-electron chi connectivity index (χ2n) is 7.72. The van der Waals surface area contributed by atoms with Gasteiger partial charge in [-0.2, -0.15) is 4.98 Å². The highest BCUT2D eigenvalue weighted by molar-refractivity contribution is 5.60. The van der Waals surface area contributed by atoms with Crippen molar-refractivity contribution in [2.45, 2.75) is 39.5 Å². The Morgan fingerprint density at radius 1 is 1.20 bits per heavy atom. The van der Waals surface area contributed by atoms with Crippen LogP contribution in [-0.2, 0) is 6.42 Å². The molecule has 4 heterocycles. The van der Waals surface area contributed by atoms with Crippen LogP contribution < -0.4 is 20.7 Å². The summed E-state index contributed by atoms with van der Waals surface area (Å²) in [5.41, 5.74) is 9.83. The molecule has 1 aliphatic heterocycles. The lowest BCUT2D eigenvalue weighted by molar-refractivity contribution is 0.280. The number of ether oxygens (including phenoxy) is 1. The zero-order valence-corrected chi connectivity index (χ0v) is 17.8. The maximum atomic E-state index is 6.07. The van der Waals surface area contributed by atoms with E-state index in [-0.39, 0.29) is 6.01 Å². The number of hydrogen-bond acceptors (Lipinski definition) is 8. The molecule has 0 unspecified atom stereocenters. The third-order valence-corrected chi connectivity index (χ3v) is 5.30. The van der Waals surface area contributed by atoms with Crippen molar-refractivity contribution < 1.29 is 4.74 Å². The first kappa shape index (κ1) is 20.3. The predicted octanol–water partition coefficient (Wildman–Crippen LogP) is 1.98. The summed E-state index contributed by atoms with van der Waals surface area (Å²) in [5.74, 6) is 1.39. The van der Waals surface area contributed by atoms with E-state index in [1.54, 1.807) is 10.7 Å². The predicted molar refractivity (Wildman–Crippen MR) is 117 cm³/mol. The van der Waals surface area contributed by atoms with Gasteiger partial charge >= 0.3 is 6.01 Å². The number of imidazole rings is 1. The van der Waals surface area contributed by atoms with Crippen molar-refractivity contribution in [3.05, 3.63) is 35.3 Å². The number of aromatic nitrogens is 5. The Hall–Kier alpha value is -2.94. The van der Waals surface area contributed by atoms with Gasteiger partial charge in [0.25, 0.3) is 0 Å². The summed E-state index contributed by atoms with van der Waals surface area (Å²) >= 11 is 0. The number of nitrogen functional groups attached to an aromatic ring is 1. The topological polar surface area (TPSA) is 106 Å². The first-order valence-electron chi connectivity index (χ1n) is 10.7. The van der Waals surface area contributed by atoms with Gasteiger partial charge in [-0.3, -0.25) is 0 Å². The molecular weight excluding hydrogens is 380 g/mol. The van der Waals surface area contributed by atoms with Gasteiger partial charge in [-0.25, -0.2) is 14.5 Å². The Balaban J connectivity index is 1.55. The lowest BCUT2D eigenvalue weighted by atomic mass is 10.1. The molecule has 9 nitrogen and oxygen atoms in total. The smallest absolute Gasteiger partial charge is 0.336 e. The minimum atomic E-state index is 0.284. The summed E-state index contributed by atoms with van der Waals surface area (Å²) in [4.78, 5) is 15.8. The minimum Gasteiger partial charge on any atom is -0.462 e. The van der Waals surface area contributed by atoms with Gasteiger partial charge in [-0.15, -0.1) is 5.10 Å². The Morgan fingerprint density at radius 2 is 2.10 bits per heavy atom. The Kier molecular flexibility index (Phi) is 6.27. The quantitative estimate of drug-likeness (QED) is 0.570.